The maximum Gasteiger partial charge on any atom is 0.307 e. The molecular formula is C17H28O5. The molecule has 5 heteroatoms. The number of aliphatic carboxylic acids is 2. The maximum absolute atomic E-state index is 11.6. The van der Waals surface area contributed by atoms with Gasteiger partial charge in [-0.15, -0.1) is 0 Å². The number of hydrogen-bond donors (Lipinski definition) is 2. The molecule has 5 nitrogen and oxygen atoms in total. The second-order valence-corrected chi connectivity index (χ2v) is 5.75. The van der Waals surface area contributed by atoms with Crippen LogP contribution in [0.15, 0.2) is 11.6 Å². The molecule has 0 fully saturated rings. The molecule has 2 N–H and O–H groups in total. The summed E-state index contributed by atoms with van der Waals surface area (Å²) in [6.07, 6.45) is 10.1. The van der Waals surface area contributed by atoms with Gasteiger partial charge in [0.05, 0.1) is 6.42 Å². The zero-order valence-electron chi connectivity index (χ0n) is 13.5. The highest BCUT2D eigenvalue weighted by atomic mass is 16.4. The zero-order chi connectivity index (χ0) is 16.8. The predicted molar refractivity (Wildman–Crippen MR) is 84.8 cm³/mol. The number of carbonyl (C=O) groups is 3. The highest BCUT2D eigenvalue weighted by Crippen LogP contribution is 2.11. The molecule has 0 aliphatic carbocycles. The van der Waals surface area contributed by atoms with Gasteiger partial charge in [0.1, 0.15) is 0 Å². The van der Waals surface area contributed by atoms with Crippen molar-refractivity contribution in [1.82, 2.24) is 0 Å². The van der Waals surface area contributed by atoms with Crippen LogP contribution in [-0.4, -0.2) is 27.9 Å². The molecule has 0 aromatic carbocycles. The zero-order valence-corrected chi connectivity index (χ0v) is 13.5. The van der Waals surface area contributed by atoms with Gasteiger partial charge in [-0.3, -0.25) is 14.4 Å². The molecular weight excluding hydrogens is 284 g/mol. The van der Waals surface area contributed by atoms with E-state index >= 15 is 0 Å². The number of ketones is 1. The van der Waals surface area contributed by atoms with Gasteiger partial charge < -0.3 is 10.2 Å². The van der Waals surface area contributed by atoms with Crippen molar-refractivity contribution in [1.29, 1.82) is 0 Å². The van der Waals surface area contributed by atoms with Gasteiger partial charge in [0, 0.05) is 12.8 Å². The van der Waals surface area contributed by atoms with E-state index in [0.717, 1.165) is 51.4 Å². The minimum absolute atomic E-state index is 0.00687. The number of carboxylic acids is 2. The predicted octanol–water partition coefficient (Wildman–Crippen LogP) is 3.96. The molecule has 0 saturated heterocycles. The lowest BCUT2D eigenvalue weighted by Gasteiger charge is -2.01. The molecule has 126 valence electrons. The summed E-state index contributed by atoms with van der Waals surface area (Å²) in [5.74, 6) is -1.63. The molecule has 0 aromatic heterocycles. The number of carbonyl (C=O) groups excluding carboxylic acids is 1. The van der Waals surface area contributed by atoms with Crippen LogP contribution in [0.1, 0.15) is 77.6 Å². The molecule has 0 bridgehead atoms. The van der Waals surface area contributed by atoms with Gasteiger partial charge in [-0.2, -0.15) is 0 Å². The maximum atomic E-state index is 11.6. The van der Waals surface area contributed by atoms with E-state index < -0.39 is 11.9 Å². The van der Waals surface area contributed by atoms with Crippen LogP contribution in [0, 0.1) is 0 Å². The third kappa shape index (κ3) is 14.8. The minimum atomic E-state index is -0.912. The van der Waals surface area contributed by atoms with E-state index in [1.807, 2.05) is 0 Å². The second-order valence-electron chi connectivity index (χ2n) is 5.75. The van der Waals surface area contributed by atoms with Crippen LogP contribution in [-0.2, 0) is 14.4 Å². The molecule has 0 aromatic rings. The lowest BCUT2D eigenvalue weighted by atomic mass is 10.0. The third-order valence-electron chi connectivity index (χ3n) is 3.40. The first-order chi connectivity index (χ1) is 10.4. The monoisotopic (exact) mass is 312 g/mol. The highest BCUT2D eigenvalue weighted by Gasteiger charge is 2.03. The number of unbranched alkanes of at least 4 members (excludes halogenated alkanes) is 7. The number of hydrogen-bond acceptors (Lipinski definition) is 3. The summed E-state index contributed by atoms with van der Waals surface area (Å²) < 4.78 is 0. The van der Waals surface area contributed by atoms with Crippen molar-refractivity contribution in [2.45, 2.75) is 77.6 Å². The fourth-order valence-electron chi connectivity index (χ4n) is 2.27. The Balaban J connectivity index is 3.44. The molecule has 22 heavy (non-hydrogen) atoms. The van der Waals surface area contributed by atoms with Gasteiger partial charge in [0.2, 0.25) is 0 Å². The molecule has 0 aliphatic rings. The molecule has 0 rings (SSSR count). The first-order valence-electron chi connectivity index (χ1n) is 8.05. The summed E-state index contributed by atoms with van der Waals surface area (Å²) in [6, 6.07) is 0. The number of rotatable bonds is 14. The van der Waals surface area contributed by atoms with Crippen LogP contribution >= 0.6 is 0 Å². The second kappa shape index (κ2) is 13.0. The van der Waals surface area contributed by atoms with Crippen molar-refractivity contribution in [3.63, 3.8) is 0 Å². The van der Waals surface area contributed by atoms with Gasteiger partial charge >= 0.3 is 11.9 Å². The summed E-state index contributed by atoms with van der Waals surface area (Å²) in [4.78, 5) is 32.4. The highest BCUT2D eigenvalue weighted by molar-refractivity contribution is 5.90. The quantitative estimate of drug-likeness (QED) is 0.374. The Labute approximate surface area is 132 Å². The third-order valence-corrected chi connectivity index (χ3v) is 3.40. The fraction of sp³-hybridized carbons (Fsp3) is 0.706. The van der Waals surface area contributed by atoms with Crippen molar-refractivity contribution in [3.8, 4) is 0 Å². The van der Waals surface area contributed by atoms with E-state index in [2.05, 4.69) is 0 Å². The van der Waals surface area contributed by atoms with E-state index in [9.17, 15) is 14.4 Å². The molecule has 0 atom stereocenters. The average molecular weight is 312 g/mol. The van der Waals surface area contributed by atoms with Crippen molar-refractivity contribution < 1.29 is 24.6 Å². The smallest absolute Gasteiger partial charge is 0.307 e. The number of allylic oxidation sites excluding steroid dienone is 1. The lowest BCUT2D eigenvalue weighted by Crippen LogP contribution is -1.99. The number of carboxylic acid groups (broad SMARTS) is 2. The van der Waals surface area contributed by atoms with E-state index in [-0.39, 0.29) is 18.6 Å². The van der Waals surface area contributed by atoms with Crippen LogP contribution < -0.4 is 0 Å². The fourth-order valence-corrected chi connectivity index (χ4v) is 2.27. The van der Waals surface area contributed by atoms with Crippen LogP contribution in [0.3, 0.4) is 0 Å². The summed E-state index contributed by atoms with van der Waals surface area (Å²) in [6.45, 7) is 1.66. The van der Waals surface area contributed by atoms with Gasteiger partial charge in [-0.05, 0) is 25.8 Å². The molecule has 0 spiro atoms. The summed E-state index contributed by atoms with van der Waals surface area (Å²) in [5.41, 5.74) is 0.596. The Hall–Kier alpha value is -1.65. The van der Waals surface area contributed by atoms with Crippen molar-refractivity contribution in [2.75, 3.05) is 0 Å². The van der Waals surface area contributed by atoms with Crippen molar-refractivity contribution in [2.24, 2.45) is 0 Å². The van der Waals surface area contributed by atoms with E-state index in [1.54, 1.807) is 6.92 Å². The Morgan fingerprint density at radius 2 is 1.18 bits per heavy atom. The van der Waals surface area contributed by atoms with Gasteiger partial charge in [-0.25, -0.2) is 0 Å². The van der Waals surface area contributed by atoms with Crippen LogP contribution in [0.25, 0.3) is 0 Å². The summed E-state index contributed by atoms with van der Waals surface area (Å²) in [7, 11) is 0. The standard InChI is InChI=1S/C17H28O5/c1-14(13-17(21)22)12-15(18)10-8-6-4-2-3-5-7-9-11-16(19)20/h12H,2-11,13H2,1H3,(H,19,20)(H,21,22). The van der Waals surface area contributed by atoms with Crippen molar-refractivity contribution >= 4 is 17.7 Å². The minimum Gasteiger partial charge on any atom is -0.481 e. The van der Waals surface area contributed by atoms with Crippen LogP contribution in [0.5, 0.6) is 0 Å². The van der Waals surface area contributed by atoms with Crippen molar-refractivity contribution in [3.05, 3.63) is 11.6 Å². The first kappa shape index (κ1) is 20.3. The van der Waals surface area contributed by atoms with Crippen LogP contribution in [0.4, 0.5) is 0 Å². The van der Waals surface area contributed by atoms with E-state index in [0.29, 0.717) is 12.0 Å². The first-order valence-corrected chi connectivity index (χ1v) is 8.05. The van der Waals surface area contributed by atoms with Gasteiger partial charge in [0.25, 0.3) is 0 Å². The summed E-state index contributed by atoms with van der Waals surface area (Å²) >= 11 is 0. The topological polar surface area (TPSA) is 91.7 Å². The molecule has 0 saturated carbocycles. The van der Waals surface area contributed by atoms with Gasteiger partial charge in [0.15, 0.2) is 5.78 Å². The van der Waals surface area contributed by atoms with Crippen LogP contribution in [0.2, 0.25) is 0 Å². The van der Waals surface area contributed by atoms with E-state index in [4.69, 9.17) is 10.2 Å². The molecule has 0 aliphatic heterocycles. The average Bonchev–Trinajstić information content (AvgIpc) is 2.39. The Kier molecular flexibility index (Phi) is 12.1. The lowest BCUT2D eigenvalue weighted by molar-refractivity contribution is -0.137. The van der Waals surface area contributed by atoms with E-state index in [1.165, 1.54) is 6.08 Å². The van der Waals surface area contributed by atoms with Gasteiger partial charge in [-0.1, -0.05) is 44.1 Å². The molecule has 0 heterocycles. The SMILES string of the molecule is CC(=CC(=O)CCCCCCCCCCC(=O)O)CC(=O)O. The summed E-state index contributed by atoms with van der Waals surface area (Å²) in [5, 5.41) is 17.1. The largest absolute Gasteiger partial charge is 0.481 e. The Morgan fingerprint density at radius 3 is 1.64 bits per heavy atom. The Bertz CT molecular complexity index is 385. The Morgan fingerprint density at radius 1 is 0.727 bits per heavy atom. The molecule has 0 unspecified atom stereocenters. The molecule has 0 radical (unpaired) electrons. The molecule has 0 amide bonds. The normalized spacial score (nSPS) is 11.4.